The second-order valence-corrected chi connectivity index (χ2v) is 10.9. The lowest BCUT2D eigenvalue weighted by Crippen LogP contribution is -2.48. The van der Waals surface area contributed by atoms with Crippen molar-refractivity contribution in [2.45, 2.75) is 17.6 Å². The fraction of sp³-hybridized carbons (Fsp3) is 0.158. The topological polar surface area (TPSA) is 76.1 Å². The van der Waals surface area contributed by atoms with Crippen LogP contribution in [0.5, 0.6) is 0 Å². The average molecular weight is 584 g/mol. The molecule has 44 heavy (non-hydrogen) atoms. The molecular formula is C38H33NO5. The Bertz CT molecular complexity index is 1600. The van der Waals surface area contributed by atoms with E-state index in [0.717, 1.165) is 43.8 Å². The van der Waals surface area contributed by atoms with Crippen LogP contribution in [0.25, 0.3) is 11.1 Å². The summed E-state index contributed by atoms with van der Waals surface area (Å²) in [5.74, 6) is -1.33. The highest BCUT2D eigenvalue weighted by molar-refractivity contribution is 5.81. The van der Waals surface area contributed by atoms with Gasteiger partial charge >= 0.3 is 12.1 Å². The Hall–Kier alpha value is -5.20. The van der Waals surface area contributed by atoms with E-state index >= 15 is 0 Å². The van der Waals surface area contributed by atoms with Crippen molar-refractivity contribution in [3.8, 4) is 11.1 Å². The minimum Gasteiger partial charge on any atom is -0.480 e. The first kappa shape index (κ1) is 28.9. The number of carbonyl (C=O) groups is 2. The van der Waals surface area contributed by atoms with E-state index in [1.807, 2.05) is 127 Å². The quantitative estimate of drug-likeness (QED) is 0.174. The van der Waals surface area contributed by atoms with Crippen LogP contribution in [-0.4, -0.2) is 48.4 Å². The second-order valence-electron chi connectivity index (χ2n) is 10.9. The number of aliphatic carboxylic acids is 1. The number of amides is 1. The zero-order chi connectivity index (χ0) is 30.5. The van der Waals surface area contributed by atoms with Crippen LogP contribution < -0.4 is 0 Å². The third kappa shape index (κ3) is 5.36. The molecule has 220 valence electrons. The van der Waals surface area contributed by atoms with Crippen LogP contribution in [0.2, 0.25) is 0 Å². The van der Waals surface area contributed by atoms with Gasteiger partial charge in [0.05, 0.1) is 6.61 Å². The number of hydrogen-bond donors (Lipinski definition) is 1. The minimum absolute atomic E-state index is 0.0897. The van der Waals surface area contributed by atoms with Crippen LogP contribution in [0.3, 0.4) is 0 Å². The number of carboxylic acid groups (broad SMARTS) is 1. The van der Waals surface area contributed by atoms with Crippen molar-refractivity contribution in [3.05, 3.63) is 167 Å². The summed E-state index contributed by atoms with van der Waals surface area (Å²) in [6.45, 7) is -0.193. The molecule has 5 aromatic rings. The Balaban J connectivity index is 1.26. The van der Waals surface area contributed by atoms with Crippen molar-refractivity contribution in [1.29, 1.82) is 0 Å². The number of benzene rings is 5. The van der Waals surface area contributed by atoms with E-state index in [4.69, 9.17) is 9.47 Å². The largest absolute Gasteiger partial charge is 0.480 e. The summed E-state index contributed by atoms with van der Waals surface area (Å²) in [5, 5.41) is 10.3. The molecule has 1 unspecified atom stereocenters. The monoisotopic (exact) mass is 583 g/mol. The van der Waals surface area contributed by atoms with E-state index in [-0.39, 0.29) is 19.1 Å². The van der Waals surface area contributed by atoms with Crippen molar-refractivity contribution in [2.24, 2.45) is 0 Å². The zero-order valence-corrected chi connectivity index (χ0v) is 24.4. The van der Waals surface area contributed by atoms with E-state index < -0.39 is 23.7 Å². The van der Waals surface area contributed by atoms with Crippen molar-refractivity contribution in [1.82, 2.24) is 4.90 Å². The summed E-state index contributed by atoms with van der Waals surface area (Å²) < 4.78 is 12.5. The number of carbonyl (C=O) groups excluding carboxylic acids is 1. The van der Waals surface area contributed by atoms with Gasteiger partial charge in [-0.1, -0.05) is 140 Å². The maximum Gasteiger partial charge on any atom is 0.410 e. The van der Waals surface area contributed by atoms with Gasteiger partial charge in [-0.3, -0.25) is 4.90 Å². The van der Waals surface area contributed by atoms with E-state index in [9.17, 15) is 14.7 Å². The predicted molar refractivity (Wildman–Crippen MR) is 169 cm³/mol. The molecule has 0 fully saturated rings. The van der Waals surface area contributed by atoms with Crippen LogP contribution in [0.1, 0.15) is 33.7 Å². The Morgan fingerprint density at radius 1 is 0.682 bits per heavy atom. The van der Waals surface area contributed by atoms with Gasteiger partial charge in [-0.2, -0.15) is 0 Å². The number of rotatable bonds is 10. The third-order valence-corrected chi connectivity index (χ3v) is 8.38. The lowest BCUT2D eigenvalue weighted by Gasteiger charge is -2.37. The highest BCUT2D eigenvalue weighted by Crippen LogP contribution is 2.45. The third-order valence-electron chi connectivity index (χ3n) is 8.38. The summed E-state index contributed by atoms with van der Waals surface area (Å²) in [6.07, 6.45) is -0.729. The number of fused-ring (bicyclic) bond motifs is 3. The highest BCUT2D eigenvalue weighted by Gasteiger charge is 2.40. The van der Waals surface area contributed by atoms with Crippen molar-refractivity contribution < 1.29 is 24.2 Å². The lowest BCUT2D eigenvalue weighted by atomic mass is 9.80. The molecule has 1 aliphatic carbocycles. The molecule has 0 spiro atoms. The standard InChI is InChI=1S/C38H33NO5/c1-39(37(42)43-25-34-32-23-13-11-21-30(32)31-22-12-14-24-33(31)34)35(36(40)41)26-44-38(27-15-5-2-6-16-27,28-17-7-3-8-18-28)29-19-9-4-10-20-29/h2-24,34-35H,25-26H2,1H3,(H,40,41). The van der Waals surface area contributed by atoms with E-state index in [0.29, 0.717) is 0 Å². The molecule has 6 rings (SSSR count). The van der Waals surface area contributed by atoms with Crippen LogP contribution in [0, 0.1) is 0 Å². The molecule has 1 atom stereocenters. The fourth-order valence-corrected chi connectivity index (χ4v) is 6.14. The normalized spacial score (nSPS) is 13.0. The first-order chi connectivity index (χ1) is 21.5. The molecule has 0 heterocycles. The molecular weight excluding hydrogens is 550 g/mol. The molecule has 0 aromatic heterocycles. The fourth-order valence-electron chi connectivity index (χ4n) is 6.14. The molecule has 1 amide bonds. The maximum atomic E-state index is 13.4. The zero-order valence-electron chi connectivity index (χ0n) is 24.4. The first-order valence-electron chi connectivity index (χ1n) is 14.6. The Kier molecular flexibility index (Phi) is 8.26. The molecule has 5 aromatic carbocycles. The Morgan fingerprint density at radius 3 is 1.52 bits per heavy atom. The van der Waals surface area contributed by atoms with Crippen LogP contribution >= 0.6 is 0 Å². The Labute approximate surface area is 257 Å². The van der Waals surface area contributed by atoms with Crippen LogP contribution in [-0.2, 0) is 19.9 Å². The maximum absolute atomic E-state index is 13.4. The van der Waals surface area contributed by atoms with Gasteiger partial charge in [0.1, 0.15) is 12.2 Å². The molecule has 0 radical (unpaired) electrons. The summed E-state index contributed by atoms with van der Waals surface area (Å²) in [4.78, 5) is 27.1. The molecule has 6 heteroatoms. The minimum atomic E-state index is -1.30. The second kappa shape index (κ2) is 12.6. The molecule has 0 saturated heterocycles. The molecule has 6 nitrogen and oxygen atoms in total. The number of hydrogen-bond acceptors (Lipinski definition) is 4. The van der Waals surface area contributed by atoms with Crippen LogP contribution in [0.4, 0.5) is 4.79 Å². The van der Waals surface area contributed by atoms with Gasteiger partial charge in [0.25, 0.3) is 0 Å². The van der Waals surface area contributed by atoms with Crippen molar-refractivity contribution in [3.63, 3.8) is 0 Å². The average Bonchev–Trinajstić information content (AvgIpc) is 3.40. The van der Waals surface area contributed by atoms with Gasteiger partial charge in [0.2, 0.25) is 0 Å². The van der Waals surface area contributed by atoms with Gasteiger partial charge in [-0.15, -0.1) is 0 Å². The van der Waals surface area contributed by atoms with Gasteiger partial charge in [-0.25, -0.2) is 9.59 Å². The number of ether oxygens (including phenoxy) is 2. The van der Waals surface area contributed by atoms with Gasteiger partial charge < -0.3 is 14.6 Å². The molecule has 1 N–H and O–H groups in total. The summed E-state index contributed by atoms with van der Waals surface area (Å²) in [7, 11) is 1.44. The summed E-state index contributed by atoms with van der Waals surface area (Å²) in [6, 6.07) is 44.0. The van der Waals surface area contributed by atoms with E-state index in [1.54, 1.807) is 0 Å². The smallest absolute Gasteiger partial charge is 0.410 e. The van der Waals surface area contributed by atoms with Crippen molar-refractivity contribution >= 4 is 12.1 Å². The van der Waals surface area contributed by atoms with Gasteiger partial charge in [0, 0.05) is 13.0 Å². The highest BCUT2D eigenvalue weighted by atomic mass is 16.6. The summed E-state index contributed by atoms with van der Waals surface area (Å²) >= 11 is 0. The number of carboxylic acids is 1. The van der Waals surface area contributed by atoms with Gasteiger partial charge in [-0.05, 0) is 38.9 Å². The number of nitrogens with zero attached hydrogens (tertiary/aromatic N) is 1. The number of likely N-dealkylation sites (N-methyl/N-ethyl adjacent to an activating group) is 1. The predicted octanol–water partition coefficient (Wildman–Crippen LogP) is 7.33. The molecule has 0 saturated carbocycles. The lowest BCUT2D eigenvalue weighted by molar-refractivity contribution is -0.146. The van der Waals surface area contributed by atoms with Crippen molar-refractivity contribution in [2.75, 3.05) is 20.3 Å². The Morgan fingerprint density at radius 2 is 1.09 bits per heavy atom. The van der Waals surface area contributed by atoms with Gasteiger partial charge in [0.15, 0.2) is 6.04 Å². The first-order valence-corrected chi connectivity index (χ1v) is 14.6. The molecule has 0 bridgehead atoms. The summed E-state index contributed by atoms with van der Waals surface area (Å²) in [5.41, 5.74) is 5.79. The molecule has 1 aliphatic rings. The SMILES string of the molecule is CN(C(=O)OCC1c2ccccc2-c2ccccc21)C(COC(c1ccccc1)(c1ccccc1)c1ccccc1)C(=O)O. The van der Waals surface area contributed by atoms with E-state index in [2.05, 4.69) is 12.1 Å². The van der Waals surface area contributed by atoms with E-state index in [1.165, 1.54) is 7.05 Å². The molecule has 0 aliphatic heterocycles. The van der Waals surface area contributed by atoms with Crippen LogP contribution in [0.15, 0.2) is 140 Å².